The quantitative estimate of drug-likeness (QED) is 0.375. The van der Waals surface area contributed by atoms with E-state index in [1.54, 1.807) is 0 Å². The number of alkyl halides is 1. The fourth-order valence-electron chi connectivity index (χ4n) is 2.68. The van der Waals surface area contributed by atoms with Crippen LogP contribution in [0.3, 0.4) is 0 Å². The molecular formula is C17H15BrClIO. The summed E-state index contributed by atoms with van der Waals surface area (Å²) in [6.45, 7) is 4.23. The minimum Gasteiger partial charge on any atom is -0.487 e. The molecule has 1 heterocycles. The molecule has 110 valence electrons. The van der Waals surface area contributed by atoms with E-state index in [0.717, 1.165) is 27.8 Å². The highest BCUT2D eigenvalue weighted by atomic mass is 127. The van der Waals surface area contributed by atoms with Crippen LogP contribution >= 0.6 is 50.1 Å². The molecule has 1 unspecified atom stereocenters. The fraction of sp³-hybridized carbons (Fsp3) is 0.294. The van der Waals surface area contributed by atoms with Crippen molar-refractivity contribution in [2.24, 2.45) is 0 Å². The molecule has 1 nitrogen and oxygen atoms in total. The van der Waals surface area contributed by atoms with Gasteiger partial charge in [0.25, 0.3) is 0 Å². The van der Waals surface area contributed by atoms with Gasteiger partial charge in [-0.15, -0.1) is 11.6 Å². The minimum atomic E-state index is -0.150. The van der Waals surface area contributed by atoms with Gasteiger partial charge in [-0.1, -0.05) is 28.1 Å². The van der Waals surface area contributed by atoms with Crippen LogP contribution in [-0.2, 0) is 6.42 Å². The fourth-order valence-corrected chi connectivity index (χ4v) is 4.20. The molecule has 2 aromatic rings. The first kappa shape index (κ1) is 15.6. The molecular weight excluding hydrogens is 462 g/mol. The van der Waals surface area contributed by atoms with Crippen LogP contribution in [0.15, 0.2) is 40.9 Å². The predicted octanol–water partition coefficient (Wildman–Crippen LogP) is 6.10. The molecule has 4 heteroatoms. The summed E-state index contributed by atoms with van der Waals surface area (Å²) >= 11 is 12.6. The second-order valence-corrected chi connectivity index (χ2v) is 8.45. The summed E-state index contributed by atoms with van der Waals surface area (Å²) in [5.74, 6) is 0.983. The van der Waals surface area contributed by atoms with Crippen LogP contribution in [-0.4, -0.2) is 5.60 Å². The summed E-state index contributed by atoms with van der Waals surface area (Å²) in [5, 5.41) is -0.150. The highest BCUT2D eigenvalue weighted by Crippen LogP contribution is 2.39. The van der Waals surface area contributed by atoms with Gasteiger partial charge < -0.3 is 4.74 Å². The lowest BCUT2D eigenvalue weighted by Gasteiger charge is -2.16. The first-order chi connectivity index (χ1) is 9.85. The van der Waals surface area contributed by atoms with E-state index in [9.17, 15) is 0 Å². The van der Waals surface area contributed by atoms with Crippen LogP contribution in [0, 0.1) is 3.57 Å². The van der Waals surface area contributed by atoms with Crippen LogP contribution in [0.2, 0.25) is 0 Å². The zero-order valence-corrected chi connectivity index (χ0v) is 16.3. The number of ether oxygens (including phenoxy) is 1. The molecule has 21 heavy (non-hydrogen) atoms. The lowest BCUT2D eigenvalue weighted by Crippen LogP contribution is -2.24. The lowest BCUT2D eigenvalue weighted by atomic mass is 9.97. The van der Waals surface area contributed by atoms with Crippen molar-refractivity contribution in [2.75, 3.05) is 0 Å². The van der Waals surface area contributed by atoms with Crippen molar-refractivity contribution >= 4 is 50.1 Å². The Morgan fingerprint density at radius 2 is 2.00 bits per heavy atom. The van der Waals surface area contributed by atoms with E-state index in [1.165, 1.54) is 9.13 Å². The van der Waals surface area contributed by atoms with Gasteiger partial charge in [0, 0.05) is 14.5 Å². The molecule has 0 aromatic heterocycles. The summed E-state index contributed by atoms with van der Waals surface area (Å²) < 4.78 is 8.15. The van der Waals surface area contributed by atoms with Crippen LogP contribution in [0.1, 0.15) is 35.9 Å². The smallest absolute Gasteiger partial charge is 0.123 e. The zero-order chi connectivity index (χ0) is 15.2. The zero-order valence-electron chi connectivity index (χ0n) is 11.8. The average Bonchev–Trinajstić information content (AvgIpc) is 2.73. The van der Waals surface area contributed by atoms with Gasteiger partial charge in [0.15, 0.2) is 0 Å². The van der Waals surface area contributed by atoms with Crippen molar-refractivity contribution in [3.05, 3.63) is 61.1 Å². The van der Waals surface area contributed by atoms with Gasteiger partial charge in [0.05, 0.1) is 5.38 Å². The first-order valence-electron chi connectivity index (χ1n) is 6.76. The molecule has 0 N–H and O–H groups in total. The molecule has 0 amide bonds. The molecule has 0 spiro atoms. The molecule has 2 aromatic carbocycles. The molecule has 1 atom stereocenters. The number of halogens is 3. The van der Waals surface area contributed by atoms with Crippen molar-refractivity contribution < 1.29 is 4.74 Å². The highest BCUT2D eigenvalue weighted by Gasteiger charge is 2.30. The van der Waals surface area contributed by atoms with Gasteiger partial charge in [0.1, 0.15) is 11.4 Å². The van der Waals surface area contributed by atoms with Gasteiger partial charge in [-0.3, -0.25) is 0 Å². The maximum atomic E-state index is 6.72. The number of hydrogen-bond donors (Lipinski definition) is 0. The van der Waals surface area contributed by atoms with E-state index in [0.29, 0.717) is 0 Å². The predicted molar refractivity (Wildman–Crippen MR) is 99.4 cm³/mol. The molecule has 1 aliphatic rings. The first-order valence-corrected chi connectivity index (χ1v) is 9.07. The van der Waals surface area contributed by atoms with E-state index < -0.39 is 0 Å². The molecule has 0 saturated heterocycles. The monoisotopic (exact) mass is 476 g/mol. The van der Waals surface area contributed by atoms with E-state index in [-0.39, 0.29) is 11.0 Å². The number of fused-ring (bicyclic) bond motifs is 1. The highest BCUT2D eigenvalue weighted by molar-refractivity contribution is 14.1. The summed E-state index contributed by atoms with van der Waals surface area (Å²) in [6.07, 6.45) is 0.926. The van der Waals surface area contributed by atoms with Crippen LogP contribution in [0.25, 0.3) is 0 Å². The largest absolute Gasteiger partial charge is 0.487 e. The molecule has 1 aliphatic heterocycles. The Balaban J connectivity index is 1.97. The molecule has 0 aliphatic carbocycles. The van der Waals surface area contributed by atoms with Crippen molar-refractivity contribution in [1.82, 2.24) is 0 Å². The van der Waals surface area contributed by atoms with Gasteiger partial charge >= 0.3 is 0 Å². The molecule has 0 bridgehead atoms. The second kappa shape index (κ2) is 5.74. The van der Waals surface area contributed by atoms with Gasteiger partial charge in [-0.25, -0.2) is 0 Å². The third-order valence-corrected chi connectivity index (χ3v) is 5.57. The van der Waals surface area contributed by atoms with Gasteiger partial charge in [0.2, 0.25) is 0 Å². The maximum Gasteiger partial charge on any atom is 0.123 e. The van der Waals surface area contributed by atoms with Crippen LogP contribution in [0.5, 0.6) is 5.75 Å². The Hall–Kier alpha value is -0.260. The molecule has 0 radical (unpaired) electrons. The van der Waals surface area contributed by atoms with Crippen LogP contribution < -0.4 is 4.74 Å². The van der Waals surface area contributed by atoms with E-state index in [4.69, 9.17) is 16.3 Å². The number of rotatable bonds is 2. The van der Waals surface area contributed by atoms with Crippen molar-refractivity contribution in [1.29, 1.82) is 0 Å². The van der Waals surface area contributed by atoms with E-state index >= 15 is 0 Å². The molecule has 0 saturated carbocycles. The van der Waals surface area contributed by atoms with Crippen molar-refractivity contribution in [3.8, 4) is 5.75 Å². The van der Waals surface area contributed by atoms with Crippen LogP contribution in [0.4, 0.5) is 0 Å². The summed E-state index contributed by atoms with van der Waals surface area (Å²) in [7, 11) is 0. The Labute approximate surface area is 152 Å². The molecule has 3 rings (SSSR count). The Kier molecular flexibility index (Phi) is 4.27. The lowest BCUT2D eigenvalue weighted by molar-refractivity contribution is 0.138. The standard InChI is InChI=1S/C17H15BrClIO/c1-17(2)9-11-7-10(3-6-15(11)21-17)16(19)13-8-12(18)4-5-14(13)20/h3-8,16H,9H2,1-2H3. The Morgan fingerprint density at radius 3 is 2.76 bits per heavy atom. The third-order valence-electron chi connectivity index (χ3n) is 3.61. The van der Waals surface area contributed by atoms with Gasteiger partial charge in [-0.05, 0) is 77.4 Å². The Morgan fingerprint density at radius 1 is 1.24 bits per heavy atom. The minimum absolute atomic E-state index is 0.118. The SMILES string of the molecule is CC1(C)Cc2cc(C(Cl)c3cc(Br)ccc3I)ccc2O1. The van der Waals surface area contributed by atoms with E-state index in [1.807, 2.05) is 12.1 Å². The molecule has 0 fully saturated rings. The average molecular weight is 478 g/mol. The maximum absolute atomic E-state index is 6.72. The second-order valence-electron chi connectivity index (χ2n) is 5.93. The topological polar surface area (TPSA) is 9.23 Å². The van der Waals surface area contributed by atoms with Gasteiger partial charge in [-0.2, -0.15) is 0 Å². The van der Waals surface area contributed by atoms with Crippen molar-refractivity contribution in [3.63, 3.8) is 0 Å². The number of benzene rings is 2. The Bertz CT molecular complexity index is 699. The summed E-state index contributed by atoms with van der Waals surface area (Å²) in [6, 6.07) is 12.5. The number of hydrogen-bond acceptors (Lipinski definition) is 1. The van der Waals surface area contributed by atoms with Crippen molar-refractivity contribution in [2.45, 2.75) is 31.2 Å². The summed E-state index contributed by atoms with van der Waals surface area (Å²) in [5.41, 5.74) is 3.37. The normalized spacial score (nSPS) is 17.2. The summed E-state index contributed by atoms with van der Waals surface area (Å²) in [4.78, 5) is 0. The van der Waals surface area contributed by atoms with E-state index in [2.05, 4.69) is 76.6 Å². The third kappa shape index (κ3) is 3.25.